The summed E-state index contributed by atoms with van der Waals surface area (Å²) in [6.45, 7) is 6.93. The maximum Gasteiger partial charge on any atom is 0.240 e. The van der Waals surface area contributed by atoms with Crippen LogP contribution >= 0.6 is 22.7 Å². The van der Waals surface area contributed by atoms with E-state index >= 15 is 0 Å². The Morgan fingerprint density at radius 1 is 1.45 bits per heavy atom. The molecule has 0 saturated heterocycles. The summed E-state index contributed by atoms with van der Waals surface area (Å²) in [6, 6.07) is 3.48. The molecule has 0 aliphatic heterocycles. The summed E-state index contributed by atoms with van der Waals surface area (Å²) in [5, 5.41) is 8.12. The molecular formula is C14H19N3OS2. The van der Waals surface area contributed by atoms with Gasteiger partial charge >= 0.3 is 0 Å². The molecule has 0 bridgehead atoms. The summed E-state index contributed by atoms with van der Waals surface area (Å²) < 4.78 is 0. The standard InChI is InChI=1S/C14H19N3OS2/c1-14(2,3)13-17-10(8-20-13)11(12(15)18)16-7-9-5-4-6-19-9/h4-6,8,11,16H,7H2,1-3H3,(H2,15,18). The van der Waals surface area contributed by atoms with E-state index in [1.54, 1.807) is 22.7 Å². The molecule has 2 aromatic heterocycles. The number of carbonyl (C=O) groups excluding carboxylic acids is 1. The monoisotopic (exact) mass is 309 g/mol. The predicted octanol–water partition coefficient (Wildman–Crippen LogP) is 2.82. The third kappa shape index (κ3) is 3.65. The van der Waals surface area contributed by atoms with Crippen molar-refractivity contribution < 1.29 is 4.79 Å². The van der Waals surface area contributed by atoms with Crippen molar-refractivity contribution in [3.05, 3.63) is 38.5 Å². The topological polar surface area (TPSA) is 68.0 Å². The van der Waals surface area contributed by atoms with Crippen LogP contribution in [0.4, 0.5) is 0 Å². The lowest BCUT2D eigenvalue weighted by Crippen LogP contribution is -2.33. The fourth-order valence-electron chi connectivity index (χ4n) is 1.73. The van der Waals surface area contributed by atoms with Gasteiger partial charge in [0.05, 0.1) is 10.7 Å². The molecule has 2 rings (SSSR count). The summed E-state index contributed by atoms with van der Waals surface area (Å²) in [4.78, 5) is 17.4. The number of thiazole rings is 1. The molecule has 3 N–H and O–H groups in total. The number of hydrogen-bond acceptors (Lipinski definition) is 5. The van der Waals surface area contributed by atoms with Crippen molar-refractivity contribution in [3.63, 3.8) is 0 Å². The van der Waals surface area contributed by atoms with E-state index in [2.05, 4.69) is 31.1 Å². The number of aromatic nitrogens is 1. The average molecular weight is 309 g/mol. The van der Waals surface area contributed by atoms with Gasteiger partial charge in [0, 0.05) is 22.2 Å². The van der Waals surface area contributed by atoms with Gasteiger partial charge in [0.15, 0.2) is 0 Å². The van der Waals surface area contributed by atoms with Crippen LogP contribution in [-0.2, 0) is 16.8 Å². The number of nitrogens with one attached hydrogen (secondary N) is 1. The fourth-order valence-corrected chi connectivity index (χ4v) is 3.32. The van der Waals surface area contributed by atoms with E-state index < -0.39 is 11.9 Å². The van der Waals surface area contributed by atoms with Gasteiger partial charge in [-0.25, -0.2) is 4.98 Å². The zero-order chi connectivity index (χ0) is 14.8. The number of carbonyl (C=O) groups is 1. The second-order valence-corrected chi connectivity index (χ2v) is 7.51. The van der Waals surface area contributed by atoms with Crippen molar-refractivity contribution in [2.45, 2.75) is 38.8 Å². The minimum absolute atomic E-state index is 0.0150. The Bertz CT molecular complexity index is 570. The molecule has 4 nitrogen and oxygen atoms in total. The van der Waals surface area contributed by atoms with E-state index in [-0.39, 0.29) is 5.41 Å². The SMILES string of the molecule is CC(C)(C)c1nc(C(NCc2cccs2)C(N)=O)cs1. The molecule has 0 radical (unpaired) electrons. The van der Waals surface area contributed by atoms with Crippen LogP contribution < -0.4 is 11.1 Å². The minimum Gasteiger partial charge on any atom is -0.368 e. The fraction of sp³-hybridized carbons (Fsp3) is 0.429. The van der Waals surface area contributed by atoms with Crippen molar-refractivity contribution in [2.75, 3.05) is 0 Å². The molecule has 20 heavy (non-hydrogen) atoms. The molecule has 1 unspecified atom stereocenters. The van der Waals surface area contributed by atoms with Crippen LogP contribution in [0.3, 0.4) is 0 Å². The zero-order valence-corrected chi connectivity index (χ0v) is 13.5. The summed E-state index contributed by atoms with van der Waals surface area (Å²) in [5.74, 6) is -0.396. The lowest BCUT2D eigenvalue weighted by Gasteiger charge is -2.15. The van der Waals surface area contributed by atoms with Crippen molar-refractivity contribution in [1.29, 1.82) is 0 Å². The van der Waals surface area contributed by atoms with E-state index in [1.165, 1.54) is 4.88 Å². The summed E-state index contributed by atoms with van der Waals surface area (Å²) in [5.41, 5.74) is 6.19. The Balaban J connectivity index is 2.12. The first kappa shape index (κ1) is 15.2. The molecule has 0 fully saturated rings. The van der Waals surface area contributed by atoms with E-state index in [1.807, 2.05) is 22.9 Å². The van der Waals surface area contributed by atoms with Crippen molar-refractivity contribution in [2.24, 2.45) is 5.73 Å². The zero-order valence-electron chi connectivity index (χ0n) is 11.8. The van der Waals surface area contributed by atoms with Gasteiger partial charge in [-0.1, -0.05) is 26.8 Å². The molecule has 0 saturated carbocycles. The number of hydrogen-bond donors (Lipinski definition) is 2. The van der Waals surface area contributed by atoms with E-state index in [9.17, 15) is 4.79 Å². The largest absolute Gasteiger partial charge is 0.368 e. The summed E-state index contributed by atoms with van der Waals surface area (Å²) in [6.07, 6.45) is 0. The maximum absolute atomic E-state index is 11.6. The van der Waals surface area contributed by atoms with Crippen LogP contribution in [0.5, 0.6) is 0 Å². The molecule has 6 heteroatoms. The van der Waals surface area contributed by atoms with Gasteiger partial charge in [-0.05, 0) is 11.4 Å². The lowest BCUT2D eigenvalue weighted by molar-refractivity contribution is -0.120. The third-order valence-electron chi connectivity index (χ3n) is 2.80. The van der Waals surface area contributed by atoms with Crippen LogP contribution in [0.2, 0.25) is 0 Å². The van der Waals surface area contributed by atoms with Crippen LogP contribution in [0.15, 0.2) is 22.9 Å². The minimum atomic E-state index is -0.538. The molecule has 1 amide bonds. The van der Waals surface area contributed by atoms with Gasteiger partial charge in [-0.2, -0.15) is 0 Å². The lowest BCUT2D eigenvalue weighted by atomic mass is 9.98. The molecule has 0 aromatic carbocycles. The number of thiophene rings is 1. The molecule has 2 aromatic rings. The highest BCUT2D eigenvalue weighted by Crippen LogP contribution is 2.27. The molecule has 2 heterocycles. The van der Waals surface area contributed by atoms with Gasteiger partial charge in [-0.3, -0.25) is 10.1 Å². The molecule has 1 atom stereocenters. The smallest absolute Gasteiger partial charge is 0.240 e. The maximum atomic E-state index is 11.6. The normalized spacial score (nSPS) is 13.3. The number of amides is 1. The second kappa shape index (κ2) is 6.03. The van der Waals surface area contributed by atoms with Crippen LogP contribution in [-0.4, -0.2) is 10.9 Å². The van der Waals surface area contributed by atoms with Gasteiger partial charge in [0.1, 0.15) is 6.04 Å². The second-order valence-electron chi connectivity index (χ2n) is 5.62. The Kier molecular flexibility index (Phi) is 4.57. The number of nitrogens with zero attached hydrogens (tertiary/aromatic N) is 1. The van der Waals surface area contributed by atoms with E-state index in [4.69, 9.17) is 5.73 Å². The Hall–Kier alpha value is -1.24. The van der Waals surface area contributed by atoms with Gasteiger partial charge in [-0.15, -0.1) is 22.7 Å². The summed E-state index contributed by atoms with van der Waals surface area (Å²) in [7, 11) is 0. The van der Waals surface area contributed by atoms with E-state index in [0.717, 1.165) is 5.01 Å². The molecule has 0 aliphatic rings. The van der Waals surface area contributed by atoms with E-state index in [0.29, 0.717) is 12.2 Å². The first-order valence-corrected chi connectivity index (χ1v) is 8.15. The van der Waals surface area contributed by atoms with Crippen molar-refractivity contribution in [1.82, 2.24) is 10.3 Å². The Morgan fingerprint density at radius 3 is 2.70 bits per heavy atom. The number of nitrogens with two attached hydrogens (primary N) is 1. The highest BCUT2D eigenvalue weighted by atomic mass is 32.1. The molecule has 0 aliphatic carbocycles. The van der Waals surface area contributed by atoms with Gasteiger partial charge < -0.3 is 5.73 Å². The predicted molar refractivity (Wildman–Crippen MR) is 83.9 cm³/mol. The Morgan fingerprint density at radius 2 is 2.20 bits per heavy atom. The van der Waals surface area contributed by atoms with Crippen LogP contribution in [0.25, 0.3) is 0 Å². The average Bonchev–Trinajstić information content (AvgIpc) is 2.97. The third-order valence-corrected chi connectivity index (χ3v) is 4.97. The first-order chi connectivity index (χ1) is 9.38. The number of primary amides is 1. The first-order valence-electron chi connectivity index (χ1n) is 6.39. The van der Waals surface area contributed by atoms with Gasteiger partial charge in [0.2, 0.25) is 5.91 Å². The molecule has 0 spiro atoms. The highest BCUT2D eigenvalue weighted by Gasteiger charge is 2.24. The van der Waals surface area contributed by atoms with Crippen LogP contribution in [0, 0.1) is 0 Å². The summed E-state index contributed by atoms with van der Waals surface area (Å²) >= 11 is 3.22. The van der Waals surface area contributed by atoms with Crippen LogP contribution in [0.1, 0.15) is 42.4 Å². The molecular weight excluding hydrogens is 290 g/mol. The van der Waals surface area contributed by atoms with Crippen molar-refractivity contribution >= 4 is 28.6 Å². The highest BCUT2D eigenvalue weighted by molar-refractivity contribution is 7.10. The van der Waals surface area contributed by atoms with Crippen molar-refractivity contribution in [3.8, 4) is 0 Å². The quantitative estimate of drug-likeness (QED) is 0.892. The molecule has 108 valence electrons. The van der Waals surface area contributed by atoms with Gasteiger partial charge in [0.25, 0.3) is 0 Å². The number of rotatable bonds is 5. The Labute approximate surface area is 127 Å².